The van der Waals surface area contributed by atoms with Gasteiger partial charge in [-0.25, -0.2) is 0 Å². The van der Waals surface area contributed by atoms with E-state index in [4.69, 9.17) is 9.47 Å². The van der Waals surface area contributed by atoms with Crippen molar-refractivity contribution in [3.8, 4) is 5.75 Å². The number of H-pyrrole nitrogens is 1. The molecular weight excluding hydrogens is 388 g/mol. The summed E-state index contributed by atoms with van der Waals surface area (Å²) in [4.78, 5) is 35.6. The minimum atomic E-state index is -0.585. The molecule has 30 heavy (non-hydrogen) atoms. The summed E-state index contributed by atoms with van der Waals surface area (Å²) in [6.07, 6.45) is -0.0570. The number of nitrogens with zero attached hydrogens (tertiary/aromatic N) is 1. The predicted molar refractivity (Wildman–Crippen MR) is 109 cm³/mol. The lowest BCUT2D eigenvalue weighted by Crippen LogP contribution is -2.32. The van der Waals surface area contributed by atoms with Crippen molar-refractivity contribution in [2.75, 3.05) is 26.3 Å². The van der Waals surface area contributed by atoms with Crippen LogP contribution in [0.1, 0.15) is 16.9 Å². The SMILES string of the molecule is O=C(COC(=O)CCNC(=O)c1n[nH]c2ccccc12)NCCOc1ccccc1. The summed E-state index contributed by atoms with van der Waals surface area (Å²) in [5.41, 5.74) is 1.01. The largest absolute Gasteiger partial charge is 0.492 e. The Morgan fingerprint density at radius 1 is 0.933 bits per heavy atom. The molecule has 1 heterocycles. The van der Waals surface area contributed by atoms with E-state index in [9.17, 15) is 14.4 Å². The molecule has 0 atom stereocenters. The van der Waals surface area contributed by atoms with Gasteiger partial charge in [0.25, 0.3) is 11.8 Å². The van der Waals surface area contributed by atoms with E-state index >= 15 is 0 Å². The van der Waals surface area contributed by atoms with Crippen molar-refractivity contribution in [1.29, 1.82) is 0 Å². The maximum atomic E-state index is 12.2. The van der Waals surface area contributed by atoms with Crippen molar-refractivity contribution in [2.45, 2.75) is 6.42 Å². The van der Waals surface area contributed by atoms with Gasteiger partial charge in [-0.1, -0.05) is 36.4 Å². The topological polar surface area (TPSA) is 122 Å². The number of aromatic nitrogens is 2. The number of rotatable bonds is 10. The molecule has 2 amide bonds. The number of benzene rings is 2. The van der Waals surface area contributed by atoms with Crippen molar-refractivity contribution >= 4 is 28.7 Å². The number of esters is 1. The van der Waals surface area contributed by atoms with E-state index in [0.29, 0.717) is 24.3 Å². The number of ether oxygens (including phenoxy) is 2. The average Bonchev–Trinajstić information content (AvgIpc) is 3.20. The molecule has 3 N–H and O–H groups in total. The number of para-hydroxylation sites is 2. The van der Waals surface area contributed by atoms with Crippen molar-refractivity contribution in [2.24, 2.45) is 0 Å². The van der Waals surface area contributed by atoms with Crippen LogP contribution in [-0.4, -0.2) is 54.3 Å². The summed E-state index contributed by atoms with van der Waals surface area (Å²) < 4.78 is 10.3. The van der Waals surface area contributed by atoms with Crippen molar-refractivity contribution < 1.29 is 23.9 Å². The van der Waals surface area contributed by atoms with Crippen LogP contribution >= 0.6 is 0 Å². The molecule has 0 radical (unpaired) electrons. The molecule has 0 unspecified atom stereocenters. The monoisotopic (exact) mass is 410 g/mol. The second-order valence-electron chi connectivity index (χ2n) is 6.30. The number of carbonyl (C=O) groups is 3. The first-order chi connectivity index (χ1) is 14.6. The fourth-order valence-corrected chi connectivity index (χ4v) is 2.64. The van der Waals surface area contributed by atoms with Crippen LogP contribution in [0, 0.1) is 0 Å². The summed E-state index contributed by atoms with van der Waals surface area (Å²) in [5.74, 6) is -0.690. The van der Waals surface area contributed by atoms with Crippen LogP contribution in [0.25, 0.3) is 10.9 Å². The zero-order valence-corrected chi connectivity index (χ0v) is 16.2. The van der Waals surface area contributed by atoms with E-state index in [1.807, 2.05) is 48.5 Å². The van der Waals surface area contributed by atoms with Crippen LogP contribution in [0.5, 0.6) is 5.75 Å². The number of hydrogen-bond donors (Lipinski definition) is 3. The van der Waals surface area contributed by atoms with Crippen molar-refractivity contribution in [3.05, 3.63) is 60.3 Å². The lowest BCUT2D eigenvalue weighted by atomic mass is 10.2. The van der Waals surface area contributed by atoms with Gasteiger partial charge in [0.2, 0.25) is 0 Å². The number of hydrogen-bond acceptors (Lipinski definition) is 6. The lowest BCUT2D eigenvalue weighted by Gasteiger charge is -2.08. The number of carbonyl (C=O) groups excluding carboxylic acids is 3. The highest BCUT2D eigenvalue weighted by Crippen LogP contribution is 2.14. The van der Waals surface area contributed by atoms with Crippen LogP contribution in [0.4, 0.5) is 0 Å². The lowest BCUT2D eigenvalue weighted by molar-refractivity contribution is -0.148. The summed E-state index contributed by atoms with van der Waals surface area (Å²) in [6.45, 7) is 0.282. The Bertz CT molecular complexity index is 1000. The zero-order valence-electron chi connectivity index (χ0n) is 16.2. The molecule has 0 saturated heterocycles. The number of nitrogens with one attached hydrogen (secondary N) is 3. The molecule has 0 aliphatic rings. The zero-order chi connectivity index (χ0) is 21.2. The van der Waals surface area contributed by atoms with Gasteiger partial charge in [-0.3, -0.25) is 19.5 Å². The Morgan fingerprint density at radius 3 is 2.53 bits per heavy atom. The molecule has 0 bridgehead atoms. The molecule has 1 aromatic heterocycles. The van der Waals surface area contributed by atoms with Crippen molar-refractivity contribution in [3.63, 3.8) is 0 Å². The Kier molecular flexibility index (Phi) is 7.37. The van der Waals surface area contributed by atoms with Gasteiger partial charge in [-0.05, 0) is 18.2 Å². The highest BCUT2D eigenvalue weighted by molar-refractivity contribution is 6.04. The molecular formula is C21H22N4O5. The van der Waals surface area contributed by atoms with E-state index in [1.165, 1.54) is 0 Å². The van der Waals surface area contributed by atoms with E-state index in [0.717, 1.165) is 5.52 Å². The van der Waals surface area contributed by atoms with Gasteiger partial charge in [0.05, 0.1) is 18.5 Å². The number of amides is 2. The summed E-state index contributed by atoms with van der Waals surface area (Å²) in [5, 5.41) is 12.7. The third-order valence-corrected chi connectivity index (χ3v) is 4.10. The Balaban J connectivity index is 1.28. The van der Waals surface area contributed by atoms with Gasteiger partial charge in [-0.15, -0.1) is 0 Å². The van der Waals surface area contributed by atoms with E-state index in [2.05, 4.69) is 20.8 Å². The van der Waals surface area contributed by atoms with Crippen LogP contribution in [0.15, 0.2) is 54.6 Å². The Labute approximate surface area is 172 Å². The maximum absolute atomic E-state index is 12.2. The first kappa shape index (κ1) is 20.8. The van der Waals surface area contributed by atoms with Gasteiger partial charge in [0, 0.05) is 11.9 Å². The molecule has 9 heteroatoms. The van der Waals surface area contributed by atoms with Crippen LogP contribution in [0.3, 0.4) is 0 Å². The third-order valence-electron chi connectivity index (χ3n) is 4.10. The molecule has 0 aliphatic carbocycles. The maximum Gasteiger partial charge on any atom is 0.308 e. The molecule has 3 rings (SSSR count). The average molecular weight is 410 g/mol. The Hall–Kier alpha value is -3.88. The van der Waals surface area contributed by atoms with E-state index in [-0.39, 0.29) is 25.3 Å². The minimum absolute atomic E-state index is 0.0570. The fraction of sp³-hybridized carbons (Fsp3) is 0.238. The molecule has 0 spiro atoms. The van der Waals surface area contributed by atoms with Crippen molar-refractivity contribution in [1.82, 2.24) is 20.8 Å². The van der Waals surface area contributed by atoms with Crippen LogP contribution in [0.2, 0.25) is 0 Å². The third kappa shape index (κ3) is 6.06. The molecule has 0 saturated carbocycles. The molecule has 0 aliphatic heterocycles. The van der Waals surface area contributed by atoms with Gasteiger partial charge in [0.15, 0.2) is 12.3 Å². The van der Waals surface area contributed by atoms with Gasteiger partial charge in [-0.2, -0.15) is 5.10 Å². The smallest absolute Gasteiger partial charge is 0.308 e. The summed E-state index contributed by atoms with van der Waals surface area (Å²) in [6, 6.07) is 16.5. The van der Waals surface area contributed by atoms with Gasteiger partial charge in [0.1, 0.15) is 12.4 Å². The fourth-order valence-electron chi connectivity index (χ4n) is 2.64. The number of fused-ring (bicyclic) bond motifs is 1. The molecule has 156 valence electrons. The second-order valence-corrected chi connectivity index (χ2v) is 6.30. The first-order valence-corrected chi connectivity index (χ1v) is 9.45. The van der Waals surface area contributed by atoms with E-state index < -0.39 is 17.8 Å². The summed E-state index contributed by atoms with van der Waals surface area (Å²) in [7, 11) is 0. The molecule has 2 aromatic carbocycles. The number of aromatic amines is 1. The quantitative estimate of drug-likeness (QED) is 0.343. The van der Waals surface area contributed by atoms with Gasteiger partial charge < -0.3 is 20.1 Å². The van der Waals surface area contributed by atoms with E-state index in [1.54, 1.807) is 6.07 Å². The predicted octanol–water partition coefficient (Wildman–Crippen LogP) is 1.42. The highest BCUT2D eigenvalue weighted by Gasteiger charge is 2.14. The molecule has 9 nitrogen and oxygen atoms in total. The Morgan fingerprint density at radius 2 is 1.70 bits per heavy atom. The normalized spacial score (nSPS) is 10.4. The highest BCUT2D eigenvalue weighted by atomic mass is 16.5. The minimum Gasteiger partial charge on any atom is -0.492 e. The van der Waals surface area contributed by atoms with Crippen LogP contribution < -0.4 is 15.4 Å². The standard InChI is InChI=1S/C21H22N4O5/c26-18(22-12-13-29-15-6-2-1-3-7-15)14-30-19(27)10-11-23-21(28)20-16-8-4-5-9-17(16)24-25-20/h1-9H,10-14H2,(H,22,26)(H,23,28)(H,24,25). The molecule has 0 fully saturated rings. The van der Waals surface area contributed by atoms with Gasteiger partial charge >= 0.3 is 5.97 Å². The summed E-state index contributed by atoms with van der Waals surface area (Å²) >= 11 is 0. The van der Waals surface area contributed by atoms with Crippen LogP contribution in [-0.2, 0) is 14.3 Å². The second kappa shape index (κ2) is 10.6. The first-order valence-electron chi connectivity index (χ1n) is 9.45. The molecule has 3 aromatic rings.